The van der Waals surface area contributed by atoms with Gasteiger partial charge in [-0.3, -0.25) is 14.6 Å². The minimum Gasteiger partial charge on any atom is -0.420 e. The Morgan fingerprint density at radius 1 is 0.873 bits per heavy atom. The minimum absolute atomic E-state index is 0.0631. The molecule has 0 aliphatic carbocycles. The Morgan fingerprint density at radius 2 is 1.60 bits per heavy atom. The molecule has 2 amide bonds. The Balaban J connectivity index is 1.28. The van der Waals surface area contributed by atoms with E-state index in [2.05, 4.69) is 39.6 Å². The lowest BCUT2D eigenvalue weighted by atomic mass is 9.89. The van der Waals surface area contributed by atoms with E-state index in [9.17, 15) is 14.4 Å². The number of rotatable bonds is 10. The van der Waals surface area contributed by atoms with Crippen LogP contribution in [0.5, 0.6) is 5.75 Å². The van der Waals surface area contributed by atoms with Crippen LogP contribution in [0.3, 0.4) is 0 Å². The molecule has 0 radical (unpaired) electrons. The number of carbonyl (C=O) groups is 3. The summed E-state index contributed by atoms with van der Waals surface area (Å²) in [5.74, 6) is -0.563. The normalized spacial score (nSPS) is 14.9. The SMILES string of the molecule is Cc1ccc(NC(=O)c2cc(-c3cc4c(cc3C(=O)N3Cc5ccccc5C[C@H]3C)C(C(=O)Oc3ccccc3NCCN(C)C)=NCC4)n(C)c2C)cc1. The van der Waals surface area contributed by atoms with Crippen molar-refractivity contribution in [2.24, 2.45) is 12.0 Å². The molecule has 0 spiro atoms. The summed E-state index contributed by atoms with van der Waals surface area (Å²) in [6.07, 6.45) is 1.31. The lowest BCUT2D eigenvalue weighted by Gasteiger charge is -2.35. The highest BCUT2D eigenvalue weighted by atomic mass is 16.5. The Bertz CT molecular complexity index is 2300. The van der Waals surface area contributed by atoms with Gasteiger partial charge in [0.25, 0.3) is 11.8 Å². The number of nitrogens with one attached hydrogen (secondary N) is 2. The summed E-state index contributed by atoms with van der Waals surface area (Å²) in [7, 11) is 5.92. The fourth-order valence-electron chi connectivity index (χ4n) is 7.40. The fourth-order valence-corrected chi connectivity index (χ4v) is 7.40. The zero-order valence-electron chi connectivity index (χ0n) is 32.4. The second-order valence-corrected chi connectivity index (χ2v) is 14.8. The summed E-state index contributed by atoms with van der Waals surface area (Å²) in [6.45, 7) is 8.32. The van der Waals surface area contributed by atoms with E-state index in [1.54, 1.807) is 6.07 Å². The molecule has 4 aromatic carbocycles. The number of aliphatic imine (C=N–C) groups is 1. The van der Waals surface area contributed by atoms with Crippen LogP contribution < -0.4 is 15.4 Å². The van der Waals surface area contributed by atoms with Crippen molar-refractivity contribution in [2.45, 2.75) is 46.2 Å². The number of hydrogen-bond acceptors (Lipinski definition) is 7. The first-order valence-electron chi connectivity index (χ1n) is 18.8. The van der Waals surface area contributed by atoms with Gasteiger partial charge in [-0.05, 0) is 107 Å². The van der Waals surface area contributed by atoms with E-state index in [-0.39, 0.29) is 23.6 Å². The molecule has 0 saturated carbocycles. The van der Waals surface area contributed by atoms with Gasteiger partial charge in [-0.15, -0.1) is 0 Å². The van der Waals surface area contributed by atoms with Gasteiger partial charge in [-0.25, -0.2) is 4.79 Å². The number of nitrogens with zero attached hydrogens (tertiary/aromatic N) is 4. The van der Waals surface area contributed by atoms with Crippen LogP contribution in [0.1, 0.15) is 61.2 Å². The molecule has 2 aliphatic heterocycles. The van der Waals surface area contributed by atoms with Gasteiger partial charge in [0.2, 0.25) is 0 Å². The number of anilines is 2. The zero-order valence-corrected chi connectivity index (χ0v) is 32.4. The van der Waals surface area contributed by atoms with Crippen molar-refractivity contribution in [3.05, 3.63) is 136 Å². The molecule has 1 aromatic heterocycles. The molecule has 7 rings (SSSR count). The molecule has 3 heterocycles. The van der Waals surface area contributed by atoms with Crippen LogP contribution in [-0.4, -0.2) is 77.6 Å². The zero-order chi connectivity index (χ0) is 38.8. The van der Waals surface area contributed by atoms with Gasteiger partial charge in [0.15, 0.2) is 11.5 Å². The van der Waals surface area contributed by atoms with Gasteiger partial charge in [0.05, 0.1) is 11.3 Å². The molecule has 0 bridgehead atoms. The highest BCUT2D eigenvalue weighted by Gasteiger charge is 2.33. The lowest BCUT2D eigenvalue weighted by molar-refractivity contribution is -0.126. The number of hydrogen-bond donors (Lipinski definition) is 2. The fraction of sp³-hybridized carbons (Fsp3) is 0.289. The van der Waals surface area contributed by atoms with Crippen molar-refractivity contribution in [1.82, 2.24) is 14.4 Å². The van der Waals surface area contributed by atoms with Crippen LogP contribution in [0.4, 0.5) is 11.4 Å². The van der Waals surface area contributed by atoms with Crippen molar-refractivity contribution < 1.29 is 19.1 Å². The van der Waals surface area contributed by atoms with E-state index in [1.807, 2.05) is 117 Å². The molecule has 2 aliphatic rings. The summed E-state index contributed by atoms with van der Waals surface area (Å²) in [5.41, 5.74) is 9.64. The monoisotopic (exact) mass is 736 g/mol. The second-order valence-electron chi connectivity index (χ2n) is 14.8. The molecule has 0 fully saturated rings. The van der Waals surface area contributed by atoms with Crippen LogP contribution >= 0.6 is 0 Å². The first kappa shape index (κ1) is 37.3. The average molecular weight is 737 g/mol. The van der Waals surface area contributed by atoms with Crippen LogP contribution in [0, 0.1) is 13.8 Å². The number of ether oxygens (including phenoxy) is 1. The molecule has 0 unspecified atom stereocenters. The van der Waals surface area contributed by atoms with Crippen molar-refractivity contribution in [3.8, 4) is 17.0 Å². The number of carbonyl (C=O) groups excluding carboxylic acids is 3. The van der Waals surface area contributed by atoms with Crippen molar-refractivity contribution in [1.29, 1.82) is 0 Å². The number of benzene rings is 4. The predicted octanol–water partition coefficient (Wildman–Crippen LogP) is 7.07. The summed E-state index contributed by atoms with van der Waals surface area (Å²) in [6, 6.07) is 28.9. The van der Waals surface area contributed by atoms with Gasteiger partial charge in [0, 0.05) is 73.0 Å². The van der Waals surface area contributed by atoms with Gasteiger partial charge in [-0.1, -0.05) is 54.1 Å². The third-order valence-corrected chi connectivity index (χ3v) is 10.7. The minimum atomic E-state index is -0.584. The molecule has 5 aromatic rings. The van der Waals surface area contributed by atoms with E-state index >= 15 is 0 Å². The standard InChI is InChI=1S/C45H48N6O4/c1-28-15-17-34(18-16-28)48-43(52)35-26-40(50(6)30(35)3)37-24-32-19-20-47-42(45(54)55-41-14-10-9-13-39(41)46-21-22-49(4)5)36(32)25-38(37)44(53)51-27-33-12-8-7-11-31(33)23-29(51)2/h7-18,24-26,29,46H,19-23,27H2,1-6H3,(H,48,52)/t29-/m1/s1. The average Bonchev–Trinajstić information content (AvgIpc) is 3.47. The third-order valence-electron chi connectivity index (χ3n) is 10.7. The Labute approximate surface area is 322 Å². The molecule has 55 heavy (non-hydrogen) atoms. The number of aromatic nitrogens is 1. The van der Waals surface area contributed by atoms with E-state index < -0.39 is 5.97 Å². The van der Waals surface area contributed by atoms with Gasteiger partial charge >= 0.3 is 5.97 Å². The van der Waals surface area contributed by atoms with Crippen LogP contribution in [0.15, 0.2) is 96.0 Å². The Hall–Kier alpha value is -6.00. The first-order chi connectivity index (χ1) is 26.5. The van der Waals surface area contributed by atoms with Gasteiger partial charge in [-0.2, -0.15) is 0 Å². The second kappa shape index (κ2) is 15.8. The Kier molecular flexibility index (Phi) is 10.7. The number of para-hydroxylation sites is 2. The number of aryl methyl sites for hydroxylation is 1. The van der Waals surface area contributed by atoms with Gasteiger partial charge < -0.3 is 29.7 Å². The molecule has 0 saturated heterocycles. The molecular formula is C45H48N6O4. The first-order valence-corrected chi connectivity index (χ1v) is 18.8. The molecule has 10 nitrogen and oxygen atoms in total. The highest BCUT2D eigenvalue weighted by Crippen LogP contribution is 2.35. The van der Waals surface area contributed by atoms with Crippen LogP contribution in [0.25, 0.3) is 11.3 Å². The number of amides is 2. The molecular weight excluding hydrogens is 689 g/mol. The maximum Gasteiger partial charge on any atom is 0.362 e. The van der Waals surface area contributed by atoms with Crippen molar-refractivity contribution >= 4 is 34.9 Å². The number of likely N-dealkylation sites (N-methyl/N-ethyl adjacent to an activating group) is 1. The van der Waals surface area contributed by atoms with Crippen molar-refractivity contribution in [2.75, 3.05) is 44.4 Å². The summed E-state index contributed by atoms with van der Waals surface area (Å²) < 4.78 is 7.98. The van der Waals surface area contributed by atoms with Gasteiger partial charge in [0.1, 0.15) is 0 Å². The van der Waals surface area contributed by atoms with E-state index in [1.165, 1.54) is 5.56 Å². The predicted molar refractivity (Wildman–Crippen MR) is 218 cm³/mol. The van der Waals surface area contributed by atoms with E-state index in [0.717, 1.165) is 41.0 Å². The summed E-state index contributed by atoms with van der Waals surface area (Å²) >= 11 is 0. The smallest absolute Gasteiger partial charge is 0.362 e. The maximum atomic E-state index is 14.9. The van der Waals surface area contributed by atoms with Crippen LogP contribution in [0.2, 0.25) is 0 Å². The molecule has 10 heteroatoms. The number of esters is 1. The van der Waals surface area contributed by atoms with Crippen LogP contribution in [-0.2, 0) is 31.2 Å². The Morgan fingerprint density at radius 3 is 2.36 bits per heavy atom. The summed E-state index contributed by atoms with van der Waals surface area (Å²) in [4.78, 5) is 51.3. The highest BCUT2D eigenvalue weighted by molar-refractivity contribution is 6.44. The lowest BCUT2D eigenvalue weighted by Crippen LogP contribution is -2.43. The van der Waals surface area contributed by atoms with E-state index in [4.69, 9.17) is 4.74 Å². The third kappa shape index (κ3) is 7.82. The maximum absolute atomic E-state index is 14.9. The molecule has 1 atom stereocenters. The van der Waals surface area contributed by atoms with E-state index in [0.29, 0.717) is 65.4 Å². The van der Waals surface area contributed by atoms with Crippen molar-refractivity contribution in [3.63, 3.8) is 0 Å². The quantitative estimate of drug-likeness (QED) is 0.117. The largest absolute Gasteiger partial charge is 0.420 e. The number of fused-ring (bicyclic) bond motifs is 2. The molecule has 282 valence electrons. The molecule has 2 N–H and O–H groups in total. The summed E-state index contributed by atoms with van der Waals surface area (Å²) in [5, 5.41) is 6.39. The topological polar surface area (TPSA) is 108 Å².